The molecule has 7 rings (SSSR count). The highest BCUT2D eigenvalue weighted by molar-refractivity contribution is 5.61. The van der Waals surface area contributed by atoms with Crippen LogP contribution in [0.5, 0.6) is 28.7 Å². The van der Waals surface area contributed by atoms with Crippen LogP contribution in [-0.4, -0.2) is 25.5 Å². The van der Waals surface area contributed by atoms with E-state index in [1.807, 2.05) is 120 Å². The predicted octanol–water partition coefficient (Wildman–Crippen LogP) is 10.9. The Bertz CT molecular complexity index is 2320. The largest absolute Gasteiger partial charge is 0.507 e. The number of fused-ring (bicyclic) bond motifs is 10. The Morgan fingerprint density at radius 2 is 0.673 bits per heavy atom. The fraction of sp³-hybridized carbons (Fsp3) is 0.280. The summed E-state index contributed by atoms with van der Waals surface area (Å²) in [5, 5.41) is 60.3. The molecule has 0 spiro atoms. The number of aryl methyl sites for hydroxylation is 5. The lowest BCUT2D eigenvalue weighted by Gasteiger charge is -2.25. The quantitative estimate of drug-likeness (QED) is 0.116. The second-order valence-corrected chi connectivity index (χ2v) is 17.0. The topological polar surface area (TPSA) is 101 Å². The van der Waals surface area contributed by atoms with Gasteiger partial charge in [-0.25, -0.2) is 0 Å². The smallest absolute Gasteiger partial charge is 0.123 e. The number of benzene rings is 6. The van der Waals surface area contributed by atoms with E-state index < -0.39 is 5.92 Å². The van der Waals surface area contributed by atoms with E-state index in [1.54, 1.807) is 0 Å². The average molecular weight is 733 g/mol. The summed E-state index contributed by atoms with van der Waals surface area (Å²) in [4.78, 5) is 0. The zero-order valence-corrected chi connectivity index (χ0v) is 33.2. The van der Waals surface area contributed by atoms with Gasteiger partial charge in [0.1, 0.15) is 28.7 Å². The standard InChI is InChI=1S/C50H52O5/c1-27-9-11-32(12-10-27)44-42-19-30(4)17-37(48(42)54)21-33-13-28(2)15-35(45(33)51)23-39-25-41(50(6,7)8)26-40(47(39)53)24-36-16-29(3)14-34(46(36)52)22-38-18-31(5)20-43(44)49(38)55/h9-20,25-26,44,51-55H,21-24H2,1-8H3. The summed E-state index contributed by atoms with van der Waals surface area (Å²) < 4.78 is 0. The second-order valence-electron chi connectivity index (χ2n) is 17.0. The Hall–Kier alpha value is -5.68. The van der Waals surface area contributed by atoms with Crippen LogP contribution in [0.4, 0.5) is 0 Å². The van der Waals surface area contributed by atoms with Crippen LogP contribution >= 0.6 is 0 Å². The zero-order chi connectivity index (χ0) is 39.5. The molecule has 0 amide bonds. The molecule has 6 aromatic carbocycles. The molecule has 0 saturated heterocycles. The molecule has 5 N–H and O–H groups in total. The van der Waals surface area contributed by atoms with Crippen molar-refractivity contribution >= 4 is 0 Å². The lowest BCUT2D eigenvalue weighted by Crippen LogP contribution is -2.13. The van der Waals surface area contributed by atoms with Crippen LogP contribution in [0, 0.1) is 34.6 Å². The maximum atomic E-state index is 12.3. The van der Waals surface area contributed by atoms with Gasteiger partial charge in [0.15, 0.2) is 0 Å². The first-order chi connectivity index (χ1) is 26.0. The number of hydrogen-bond donors (Lipinski definition) is 5. The Balaban J connectivity index is 1.54. The Labute approximate surface area is 325 Å². The third-order valence-electron chi connectivity index (χ3n) is 11.2. The first-order valence-corrected chi connectivity index (χ1v) is 19.2. The van der Waals surface area contributed by atoms with E-state index in [0.29, 0.717) is 68.5 Å². The van der Waals surface area contributed by atoms with Gasteiger partial charge in [-0.3, -0.25) is 0 Å². The van der Waals surface area contributed by atoms with Crippen LogP contribution in [0.1, 0.15) is 121 Å². The van der Waals surface area contributed by atoms with Gasteiger partial charge >= 0.3 is 0 Å². The first-order valence-electron chi connectivity index (χ1n) is 19.2. The van der Waals surface area contributed by atoms with Gasteiger partial charge in [0.25, 0.3) is 0 Å². The van der Waals surface area contributed by atoms with E-state index in [1.165, 1.54) is 0 Å². The SMILES string of the molecule is Cc1ccc(C2c3cc(C)cc(c3O)Cc3cc(C)cc(c3O)Cc3cc(C(C)(C)C)cc(c3O)Cc3cc(C)cc(c3O)Cc3cc(C)cc2c3O)cc1. The predicted molar refractivity (Wildman–Crippen MR) is 222 cm³/mol. The molecule has 55 heavy (non-hydrogen) atoms. The summed E-state index contributed by atoms with van der Waals surface area (Å²) in [6.45, 7) is 16.4. The minimum Gasteiger partial charge on any atom is -0.507 e. The monoisotopic (exact) mass is 732 g/mol. The molecule has 5 heteroatoms. The molecule has 1 aliphatic carbocycles. The Morgan fingerprint density at radius 3 is 1.00 bits per heavy atom. The molecule has 0 fully saturated rings. The van der Waals surface area contributed by atoms with Crippen LogP contribution in [0.25, 0.3) is 0 Å². The minimum atomic E-state index is -0.517. The molecular weight excluding hydrogens is 681 g/mol. The lowest BCUT2D eigenvalue weighted by atomic mass is 9.80. The third kappa shape index (κ3) is 7.41. The van der Waals surface area contributed by atoms with Crippen LogP contribution in [-0.2, 0) is 31.1 Å². The van der Waals surface area contributed by atoms with Crippen LogP contribution in [0.2, 0.25) is 0 Å². The van der Waals surface area contributed by atoms with Crippen molar-refractivity contribution in [3.05, 3.63) is 180 Å². The third-order valence-corrected chi connectivity index (χ3v) is 11.2. The highest BCUT2D eigenvalue weighted by Crippen LogP contribution is 2.46. The molecule has 282 valence electrons. The molecular formula is C50H52O5. The molecule has 1 aliphatic rings. The van der Waals surface area contributed by atoms with Crippen molar-refractivity contribution in [1.29, 1.82) is 0 Å². The molecule has 0 unspecified atom stereocenters. The van der Waals surface area contributed by atoms with Gasteiger partial charge in [-0.05, 0) is 95.7 Å². The first kappa shape index (κ1) is 37.6. The van der Waals surface area contributed by atoms with Gasteiger partial charge in [-0.15, -0.1) is 0 Å². The summed E-state index contributed by atoms with van der Waals surface area (Å²) in [6, 6.07) is 28.0. The number of hydrogen-bond acceptors (Lipinski definition) is 5. The van der Waals surface area contributed by atoms with Crippen molar-refractivity contribution in [2.24, 2.45) is 0 Å². The molecule has 0 aromatic heterocycles. The van der Waals surface area contributed by atoms with Crippen molar-refractivity contribution in [3.63, 3.8) is 0 Å². The zero-order valence-electron chi connectivity index (χ0n) is 33.2. The summed E-state index contributed by atoms with van der Waals surface area (Å²) in [6.07, 6.45) is 1.14. The van der Waals surface area contributed by atoms with Gasteiger partial charge < -0.3 is 25.5 Å². The van der Waals surface area contributed by atoms with Gasteiger partial charge in [0, 0.05) is 42.7 Å². The fourth-order valence-corrected chi connectivity index (χ4v) is 8.45. The maximum Gasteiger partial charge on any atom is 0.123 e. The molecule has 0 heterocycles. The van der Waals surface area contributed by atoms with E-state index >= 15 is 0 Å². The molecule has 0 aliphatic heterocycles. The van der Waals surface area contributed by atoms with Crippen LogP contribution < -0.4 is 0 Å². The van der Waals surface area contributed by atoms with Crippen molar-refractivity contribution in [3.8, 4) is 28.7 Å². The summed E-state index contributed by atoms with van der Waals surface area (Å²) in [5.41, 5.74) is 13.3. The summed E-state index contributed by atoms with van der Waals surface area (Å²) >= 11 is 0. The number of aromatic hydroxyl groups is 5. The van der Waals surface area contributed by atoms with E-state index in [9.17, 15) is 25.5 Å². The highest BCUT2D eigenvalue weighted by atomic mass is 16.3. The summed E-state index contributed by atoms with van der Waals surface area (Å²) in [7, 11) is 0. The van der Waals surface area contributed by atoms with Crippen molar-refractivity contribution in [1.82, 2.24) is 0 Å². The van der Waals surface area contributed by atoms with Crippen molar-refractivity contribution in [2.75, 3.05) is 0 Å². The molecule has 0 saturated carbocycles. The van der Waals surface area contributed by atoms with E-state index in [4.69, 9.17) is 0 Å². The normalized spacial score (nSPS) is 13.5. The van der Waals surface area contributed by atoms with Crippen molar-refractivity contribution in [2.45, 2.75) is 92.4 Å². The van der Waals surface area contributed by atoms with Gasteiger partial charge in [-0.2, -0.15) is 0 Å². The van der Waals surface area contributed by atoms with E-state index in [-0.39, 0.29) is 47.0 Å². The van der Waals surface area contributed by atoms with Crippen LogP contribution in [0.3, 0.4) is 0 Å². The van der Waals surface area contributed by atoms with Gasteiger partial charge in [-0.1, -0.05) is 134 Å². The van der Waals surface area contributed by atoms with E-state index in [2.05, 4.69) is 20.8 Å². The number of phenols is 5. The van der Waals surface area contributed by atoms with Crippen molar-refractivity contribution < 1.29 is 25.5 Å². The second kappa shape index (κ2) is 14.2. The van der Waals surface area contributed by atoms with Gasteiger partial charge in [0.05, 0.1) is 0 Å². The molecule has 0 atom stereocenters. The van der Waals surface area contributed by atoms with Gasteiger partial charge in [0.2, 0.25) is 0 Å². The Kier molecular flexibility index (Phi) is 9.71. The number of rotatable bonds is 1. The average Bonchev–Trinajstić information content (AvgIpc) is 3.10. The maximum absolute atomic E-state index is 12.3. The lowest BCUT2D eigenvalue weighted by molar-refractivity contribution is 0.448. The van der Waals surface area contributed by atoms with E-state index in [0.717, 1.165) is 38.9 Å². The fourth-order valence-electron chi connectivity index (χ4n) is 8.45. The highest BCUT2D eigenvalue weighted by Gasteiger charge is 2.28. The molecule has 6 aromatic rings. The Morgan fingerprint density at radius 1 is 0.382 bits per heavy atom. The summed E-state index contributed by atoms with van der Waals surface area (Å²) in [5.74, 6) is 0.0877. The molecule has 5 nitrogen and oxygen atoms in total. The molecule has 0 radical (unpaired) electrons. The minimum absolute atomic E-state index is 0.108. The number of phenolic OH excluding ortho intramolecular Hbond substituents is 5. The molecule has 10 bridgehead atoms. The van der Waals surface area contributed by atoms with Crippen LogP contribution in [0.15, 0.2) is 84.9 Å².